The van der Waals surface area contributed by atoms with Crippen LogP contribution < -0.4 is 18.9 Å². The lowest BCUT2D eigenvalue weighted by atomic mass is 9.76. The fourth-order valence-electron chi connectivity index (χ4n) is 15.7. The Bertz CT molecular complexity index is 1920. The van der Waals surface area contributed by atoms with Gasteiger partial charge in [0, 0.05) is 82.6 Å². The highest BCUT2D eigenvalue weighted by Gasteiger charge is 2.51. The van der Waals surface area contributed by atoms with E-state index in [-0.39, 0.29) is 141 Å². The molecule has 4 heterocycles. The van der Waals surface area contributed by atoms with Gasteiger partial charge >= 0.3 is 23.9 Å². The van der Waals surface area contributed by atoms with E-state index >= 15 is 19.2 Å². The van der Waals surface area contributed by atoms with Gasteiger partial charge in [-0.15, -0.1) is 0 Å². The van der Waals surface area contributed by atoms with Crippen LogP contribution >= 0.6 is 0 Å². The lowest BCUT2D eigenvalue weighted by Crippen LogP contribution is -2.61. The Labute approximate surface area is 501 Å². The molecule has 8 atom stereocenters. The summed E-state index contributed by atoms with van der Waals surface area (Å²) >= 11 is 0. The highest BCUT2D eigenvalue weighted by molar-refractivity contribution is 5.83. The van der Waals surface area contributed by atoms with Gasteiger partial charge in [-0.2, -0.15) is 0 Å². The second-order valence-electron chi connectivity index (χ2n) is 32.9. The number of piperidine rings is 4. The third kappa shape index (κ3) is 16.3. The maximum absolute atomic E-state index is 15.2. The molecule has 0 spiro atoms. The standard InChI is InChI=1S/C70H122N4O8/c1-39(2)51-29-47(30-52(40(3)4)71(51)67(17,18)19)63(75)79-59-37-61(81-65(77)49-33-55(43(9)10)73(69(23,24)25)56(34-49)44(11)12)62(82-66(78)50-35-57(45(13)14)74(70(26,27)28)58(36-50)46(15)16)38-60(59)80-64(76)48-31-53(41(5)6)72(68(20,21)22)54(32-48)42(7)8/h37-58H,29-36H2,1-28H3. The van der Waals surface area contributed by atoms with Crippen LogP contribution in [-0.2, 0) is 19.2 Å². The zero-order valence-corrected chi connectivity index (χ0v) is 57.4. The maximum atomic E-state index is 15.2. The van der Waals surface area contributed by atoms with Crippen molar-refractivity contribution in [3.05, 3.63) is 12.1 Å². The summed E-state index contributed by atoms with van der Waals surface area (Å²) in [4.78, 5) is 71.3. The molecular formula is C70H122N4O8. The number of nitrogens with zero attached hydrogens (tertiary/aromatic N) is 4. The Balaban J connectivity index is 1.71. The fourth-order valence-corrected chi connectivity index (χ4v) is 15.7. The minimum absolute atomic E-state index is 0.0322. The minimum Gasteiger partial charge on any atom is -0.422 e. The minimum atomic E-state index is -0.471. The van der Waals surface area contributed by atoms with Crippen LogP contribution in [-0.4, -0.2) is 114 Å². The van der Waals surface area contributed by atoms with Crippen molar-refractivity contribution in [3.63, 3.8) is 0 Å². The van der Waals surface area contributed by atoms with Crippen molar-refractivity contribution < 1.29 is 38.1 Å². The Morgan fingerprint density at radius 1 is 0.293 bits per heavy atom. The number of esters is 4. The molecular weight excluding hydrogens is 1020 g/mol. The van der Waals surface area contributed by atoms with Crippen LogP contribution in [0, 0.1) is 71.0 Å². The highest BCUT2D eigenvalue weighted by atomic mass is 16.6. The van der Waals surface area contributed by atoms with Crippen molar-refractivity contribution in [3.8, 4) is 23.0 Å². The Morgan fingerprint density at radius 3 is 0.512 bits per heavy atom. The molecule has 82 heavy (non-hydrogen) atoms. The molecule has 4 fully saturated rings. The van der Waals surface area contributed by atoms with Gasteiger partial charge in [-0.05, 0) is 182 Å². The fraction of sp³-hybridized carbons (Fsp3) is 0.857. The summed E-state index contributed by atoms with van der Waals surface area (Å²) in [5.41, 5.74) is -0.551. The zero-order chi connectivity index (χ0) is 62.4. The summed E-state index contributed by atoms with van der Waals surface area (Å²) in [6, 6.07) is 3.82. The molecule has 0 bridgehead atoms. The van der Waals surface area contributed by atoms with Gasteiger partial charge < -0.3 is 18.9 Å². The van der Waals surface area contributed by atoms with E-state index in [9.17, 15) is 0 Å². The van der Waals surface area contributed by atoms with Gasteiger partial charge in [-0.25, -0.2) is 0 Å². The molecule has 4 saturated heterocycles. The van der Waals surface area contributed by atoms with Crippen molar-refractivity contribution in [2.24, 2.45) is 71.0 Å². The van der Waals surface area contributed by atoms with Crippen LogP contribution in [0.15, 0.2) is 12.1 Å². The summed E-state index contributed by atoms with van der Waals surface area (Å²) < 4.78 is 26.6. The van der Waals surface area contributed by atoms with Gasteiger partial charge in [-0.3, -0.25) is 38.8 Å². The van der Waals surface area contributed by atoms with Gasteiger partial charge in [0.25, 0.3) is 0 Å². The second kappa shape index (κ2) is 26.9. The van der Waals surface area contributed by atoms with Crippen LogP contribution in [0.2, 0.25) is 0 Å². The number of hydrogen-bond acceptors (Lipinski definition) is 12. The molecule has 0 aliphatic carbocycles. The van der Waals surface area contributed by atoms with E-state index in [1.165, 1.54) is 12.1 Å². The number of hydrogen-bond donors (Lipinski definition) is 0. The number of likely N-dealkylation sites (tertiary alicyclic amines) is 4. The molecule has 12 heteroatoms. The van der Waals surface area contributed by atoms with Crippen LogP contribution in [0.1, 0.15) is 245 Å². The average Bonchev–Trinajstić information content (AvgIpc) is 3.34. The normalized spacial score (nSPS) is 29.2. The Kier molecular flexibility index (Phi) is 22.9. The van der Waals surface area contributed by atoms with E-state index in [1.54, 1.807) is 0 Å². The van der Waals surface area contributed by atoms with Gasteiger partial charge in [0.2, 0.25) is 0 Å². The van der Waals surface area contributed by atoms with E-state index in [1.807, 2.05) is 0 Å². The van der Waals surface area contributed by atoms with Crippen molar-refractivity contribution in [2.75, 3.05) is 0 Å². The molecule has 4 aliphatic rings. The van der Waals surface area contributed by atoms with E-state index in [0.29, 0.717) is 51.4 Å². The van der Waals surface area contributed by atoms with E-state index < -0.39 is 47.5 Å². The molecule has 8 unspecified atom stereocenters. The average molecular weight is 1150 g/mol. The third-order valence-electron chi connectivity index (χ3n) is 19.5. The van der Waals surface area contributed by atoms with Gasteiger partial charge in [-0.1, -0.05) is 111 Å². The Hall–Kier alpha value is -3.06. The molecule has 0 saturated carbocycles. The van der Waals surface area contributed by atoms with Gasteiger partial charge in [0.1, 0.15) is 0 Å². The molecule has 470 valence electrons. The highest BCUT2D eigenvalue weighted by Crippen LogP contribution is 2.48. The molecule has 4 aliphatic heterocycles. The summed E-state index contributed by atoms with van der Waals surface area (Å²) in [5.74, 6) is -1.66. The van der Waals surface area contributed by atoms with Crippen LogP contribution in [0.25, 0.3) is 0 Å². The summed E-state index contributed by atoms with van der Waals surface area (Å²) in [6.45, 7) is 62.7. The monoisotopic (exact) mass is 1150 g/mol. The molecule has 0 amide bonds. The van der Waals surface area contributed by atoms with E-state index in [4.69, 9.17) is 18.9 Å². The van der Waals surface area contributed by atoms with Crippen LogP contribution in [0.4, 0.5) is 0 Å². The van der Waals surface area contributed by atoms with Crippen LogP contribution in [0.5, 0.6) is 23.0 Å². The lowest BCUT2D eigenvalue weighted by Gasteiger charge is -2.54. The smallest absolute Gasteiger partial charge is 0.314 e. The largest absolute Gasteiger partial charge is 0.422 e. The predicted octanol–water partition coefficient (Wildman–Crippen LogP) is 15.5. The number of carbonyl (C=O) groups excluding carboxylic acids is 4. The van der Waals surface area contributed by atoms with Gasteiger partial charge in [0.05, 0.1) is 23.7 Å². The first-order chi connectivity index (χ1) is 37.5. The number of benzene rings is 1. The Morgan fingerprint density at radius 2 is 0.415 bits per heavy atom. The first-order valence-corrected chi connectivity index (χ1v) is 32.7. The predicted molar refractivity (Wildman–Crippen MR) is 335 cm³/mol. The van der Waals surface area contributed by atoms with E-state index in [2.05, 4.69) is 213 Å². The van der Waals surface area contributed by atoms with Crippen molar-refractivity contribution in [2.45, 2.75) is 316 Å². The molecule has 0 radical (unpaired) electrons. The number of ether oxygens (including phenoxy) is 4. The zero-order valence-electron chi connectivity index (χ0n) is 57.4. The van der Waals surface area contributed by atoms with Crippen molar-refractivity contribution in [1.29, 1.82) is 0 Å². The summed E-state index contributed by atoms with van der Waals surface area (Å²) in [7, 11) is 0. The van der Waals surface area contributed by atoms with Gasteiger partial charge in [0.15, 0.2) is 23.0 Å². The van der Waals surface area contributed by atoms with Crippen LogP contribution in [0.3, 0.4) is 0 Å². The first-order valence-electron chi connectivity index (χ1n) is 32.7. The third-order valence-corrected chi connectivity index (χ3v) is 19.5. The summed E-state index contributed by atoms with van der Waals surface area (Å²) in [5, 5.41) is 0. The molecule has 1 aromatic rings. The molecule has 0 N–H and O–H groups in total. The number of rotatable bonds is 16. The second-order valence-corrected chi connectivity index (χ2v) is 32.9. The first kappa shape index (κ1) is 69.7. The maximum Gasteiger partial charge on any atom is 0.314 e. The lowest BCUT2D eigenvalue weighted by molar-refractivity contribution is -0.149. The number of carbonyl (C=O) groups is 4. The molecule has 12 nitrogen and oxygen atoms in total. The summed E-state index contributed by atoms with van der Waals surface area (Å²) in [6.07, 6.45) is 4.72. The molecule has 0 aromatic heterocycles. The quantitative estimate of drug-likeness (QED) is 0.116. The molecule has 5 rings (SSSR count). The van der Waals surface area contributed by atoms with E-state index in [0.717, 1.165) is 0 Å². The molecule has 1 aromatic carbocycles. The topological polar surface area (TPSA) is 118 Å². The van der Waals surface area contributed by atoms with Crippen molar-refractivity contribution >= 4 is 23.9 Å². The SMILES string of the molecule is CC(C)C1CC(C(=O)Oc2cc(OC(=O)C3CC(C(C)C)N(C(C)(C)C)C(C(C)C)C3)c(OC(=O)C3CC(C(C)C)N(C(C)(C)C)C(C(C)C)C3)cc2OC(=O)C2CC(C(C)C)N(C(C)(C)C)C(C(C)C)C2)CC(C(C)C)N1C(C)(C)C. The van der Waals surface area contributed by atoms with Crippen molar-refractivity contribution in [1.82, 2.24) is 19.6 Å².